The Morgan fingerprint density at radius 1 is 1.00 bits per heavy atom. The summed E-state index contributed by atoms with van der Waals surface area (Å²) in [6.07, 6.45) is 1.76. The summed E-state index contributed by atoms with van der Waals surface area (Å²) in [6.45, 7) is 0. The fourth-order valence-electron chi connectivity index (χ4n) is 1.85. The lowest BCUT2D eigenvalue weighted by molar-refractivity contribution is 0.101. The molecule has 0 spiro atoms. The minimum absolute atomic E-state index is 0.0616. The molecule has 0 saturated carbocycles. The van der Waals surface area contributed by atoms with Crippen LogP contribution in [0, 0.1) is 0 Å². The van der Waals surface area contributed by atoms with Gasteiger partial charge >= 0.3 is 0 Å². The maximum atomic E-state index is 12.1. The second-order valence-corrected chi connectivity index (χ2v) is 4.90. The lowest BCUT2D eigenvalue weighted by Gasteiger charge is -1.98. The average Bonchev–Trinajstić information content (AvgIpc) is 2.70. The topological polar surface area (TPSA) is 26.3 Å². The van der Waals surface area contributed by atoms with Gasteiger partial charge in [0, 0.05) is 4.47 Å². The van der Waals surface area contributed by atoms with Gasteiger partial charge in [0.1, 0.15) is 5.75 Å². The van der Waals surface area contributed by atoms with Gasteiger partial charge in [0.05, 0.1) is 5.56 Å². The van der Waals surface area contributed by atoms with Gasteiger partial charge in [-0.15, -0.1) is 0 Å². The predicted octanol–water partition coefficient (Wildman–Crippen LogP) is 4.07. The molecule has 1 aliphatic rings. The molecule has 0 amide bonds. The molecule has 2 aromatic rings. The van der Waals surface area contributed by atoms with Gasteiger partial charge in [-0.25, -0.2) is 0 Å². The minimum Gasteiger partial charge on any atom is -0.452 e. The van der Waals surface area contributed by atoms with Crippen LogP contribution in [0.5, 0.6) is 5.75 Å². The average molecular weight is 301 g/mol. The van der Waals surface area contributed by atoms with E-state index in [0.717, 1.165) is 10.0 Å². The number of carbonyl (C=O) groups excluding carboxylic acids is 1. The van der Waals surface area contributed by atoms with Crippen LogP contribution in [0.1, 0.15) is 15.9 Å². The van der Waals surface area contributed by atoms with Crippen molar-refractivity contribution in [2.45, 2.75) is 0 Å². The second-order valence-electron chi connectivity index (χ2n) is 3.99. The Morgan fingerprint density at radius 2 is 1.72 bits per heavy atom. The number of carbonyl (C=O) groups is 1. The molecular weight excluding hydrogens is 292 g/mol. The SMILES string of the molecule is O=C1/C(=C\c2ccc(Br)cc2)Oc2ccccc21. The molecule has 0 bridgehead atoms. The number of Topliss-reactive ketones (excluding diaryl/α,β-unsaturated/α-hetero) is 1. The van der Waals surface area contributed by atoms with Crippen molar-refractivity contribution in [3.05, 3.63) is 69.9 Å². The third kappa shape index (κ3) is 1.97. The molecular formula is C15H9BrO2. The van der Waals surface area contributed by atoms with Crippen molar-refractivity contribution < 1.29 is 9.53 Å². The molecule has 0 fully saturated rings. The largest absolute Gasteiger partial charge is 0.452 e. The quantitative estimate of drug-likeness (QED) is 0.742. The highest BCUT2D eigenvalue weighted by atomic mass is 79.9. The van der Waals surface area contributed by atoms with Crippen LogP contribution in [0.25, 0.3) is 6.08 Å². The first-order valence-corrected chi connectivity index (χ1v) is 6.32. The third-order valence-electron chi connectivity index (χ3n) is 2.74. The second kappa shape index (κ2) is 4.42. The zero-order valence-electron chi connectivity index (χ0n) is 9.39. The van der Waals surface area contributed by atoms with Crippen molar-refractivity contribution in [1.82, 2.24) is 0 Å². The molecule has 0 saturated heterocycles. The molecule has 1 aliphatic heterocycles. The van der Waals surface area contributed by atoms with Gasteiger partial charge in [0.2, 0.25) is 5.78 Å². The van der Waals surface area contributed by atoms with Crippen molar-refractivity contribution >= 4 is 27.8 Å². The van der Waals surface area contributed by atoms with E-state index in [1.165, 1.54) is 0 Å². The van der Waals surface area contributed by atoms with E-state index < -0.39 is 0 Å². The summed E-state index contributed by atoms with van der Waals surface area (Å²) >= 11 is 3.37. The number of allylic oxidation sites excluding steroid dienone is 1. The molecule has 0 aliphatic carbocycles. The number of ketones is 1. The van der Waals surface area contributed by atoms with Crippen LogP contribution in [-0.2, 0) is 0 Å². The van der Waals surface area contributed by atoms with E-state index in [1.54, 1.807) is 18.2 Å². The smallest absolute Gasteiger partial charge is 0.231 e. The van der Waals surface area contributed by atoms with E-state index in [1.807, 2.05) is 36.4 Å². The van der Waals surface area contributed by atoms with Crippen LogP contribution in [0.2, 0.25) is 0 Å². The standard InChI is InChI=1S/C15H9BrO2/c16-11-7-5-10(6-8-11)9-14-15(17)12-3-1-2-4-13(12)18-14/h1-9H/b14-9+. The van der Waals surface area contributed by atoms with Crippen molar-refractivity contribution in [2.24, 2.45) is 0 Å². The van der Waals surface area contributed by atoms with Gasteiger partial charge in [-0.3, -0.25) is 4.79 Å². The molecule has 2 aromatic carbocycles. The summed E-state index contributed by atoms with van der Waals surface area (Å²) in [5.74, 6) is 0.943. The molecule has 0 N–H and O–H groups in total. The summed E-state index contributed by atoms with van der Waals surface area (Å²) in [5.41, 5.74) is 1.57. The molecule has 3 rings (SSSR count). The van der Waals surface area contributed by atoms with Crippen LogP contribution < -0.4 is 4.74 Å². The van der Waals surface area contributed by atoms with Crippen LogP contribution in [-0.4, -0.2) is 5.78 Å². The number of benzene rings is 2. The molecule has 0 unspecified atom stereocenters. The van der Waals surface area contributed by atoms with E-state index in [-0.39, 0.29) is 5.78 Å². The molecule has 88 valence electrons. The Hall–Kier alpha value is -1.87. The van der Waals surface area contributed by atoms with E-state index in [9.17, 15) is 4.79 Å². The molecule has 18 heavy (non-hydrogen) atoms. The van der Waals surface area contributed by atoms with Crippen LogP contribution in [0.4, 0.5) is 0 Å². The Balaban J connectivity index is 1.97. The maximum absolute atomic E-state index is 12.1. The summed E-state index contributed by atoms with van der Waals surface area (Å²) in [4.78, 5) is 12.1. The molecule has 0 radical (unpaired) electrons. The van der Waals surface area contributed by atoms with Gasteiger partial charge in [-0.1, -0.05) is 40.2 Å². The Kier molecular flexibility index (Phi) is 2.76. The fourth-order valence-corrected chi connectivity index (χ4v) is 2.11. The number of hydrogen-bond acceptors (Lipinski definition) is 2. The van der Waals surface area contributed by atoms with Crippen LogP contribution >= 0.6 is 15.9 Å². The number of rotatable bonds is 1. The summed E-state index contributed by atoms with van der Waals surface area (Å²) in [6, 6.07) is 15.0. The number of ether oxygens (including phenoxy) is 1. The van der Waals surface area contributed by atoms with Gasteiger partial charge in [0.25, 0.3) is 0 Å². The first-order chi connectivity index (χ1) is 8.74. The first-order valence-electron chi connectivity index (χ1n) is 5.53. The number of halogens is 1. The number of fused-ring (bicyclic) bond motifs is 1. The maximum Gasteiger partial charge on any atom is 0.231 e. The normalized spacial score (nSPS) is 15.6. The number of hydrogen-bond donors (Lipinski definition) is 0. The first kappa shape index (κ1) is 11.2. The molecule has 1 heterocycles. The summed E-state index contributed by atoms with van der Waals surface area (Å²) < 4.78 is 6.56. The van der Waals surface area contributed by atoms with Crippen molar-refractivity contribution in [2.75, 3.05) is 0 Å². The van der Waals surface area contributed by atoms with Gasteiger partial charge in [-0.2, -0.15) is 0 Å². The summed E-state index contributed by atoms with van der Waals surface area (Å²) in [7, 11) is 0. The van der Waals surface area contributed by atoms with Crippen molar-refractivity contribution in [3.63, 3.8) is 0 Å². The zero-order chi connectivity index (χ0) is 12.5. The molecule has 0 aromatic heterocycles. The van der Waals surface area contributed by atoms with Crippen LogP contribution in [0.15, 0.2) is 58.8 Å². The lowest BCUT2D eigenvalue weighted by Crippen LogP contribution is -1.97. The Morgan fingerprint density at radius 3 is 2.44 bits per heavy atom. The lowest BCUT2D eigenvalue weighted by atomic mass is 10.1. The minimum atomic E-state index is -0.0616. The third-order valence-corrected chi connectivity index (χ3v) is 3.27. The van der Waals surface area contributed by atoms with Crippen LogP contribution in [0.3, 0.4) is 0 Å². The highest BCUT2D eigenvalue weighted by molar-refractivity contribution is 9.10. The molecule has 0 atom stereocenters. The van der Waals surface area contributed by atoms with E-state index in [0.29, 0.717) is 17.1 Å². The number of para-hydroxylation sites is 1. The van der Waals surface area contributed by atoms with E-state index in [2.05, 4.69) is 15.9 Å². The van der Waals surface area contributed by atoms with Gasteiger partial charge in [-0.05, 0) is 35.9 Å². The Labute approximate surface area is 113 Å². The van der Waals surface area contributed by atoms with Gasteiger partial charge in [0.15, 0.2) is 5.76 Å². The van der Waals surface area contributed by atoms with Crippen molar-refractivity contribution in [3.8, 4) is 5.75 Å². The Bertz CT molecular complexity index is 642. The monoisotopic (exact) mass is 300 g/mol. The van der Waals surface area contributed by atoms with E-state index in [4.69, 9.17) is 4.74 Å². The van der Waals surface area contributed by atoms with Gasteiger partial charge < -0.3 is 4.74 Å². The van der Waals surface area contributed by atoms with E-state index >= 15 is 0 Å². The molecule has 2 nitrogen and oxygen atoms in total. The highest BCUT2D eigenvalue weighted by Gasteiger charge is 2.26. The zero-order valence-corrected chi connectivity index (χ0v) is 11.0. The summed E-state index contributed by atoms with van der Waals surface area (Å²) in [5, 5.41) is 0. The van der Waals surface area contributed by atoms with Crippen molar-refractivity contribution in [1.29, 1.82) is 0 Å². The highest BCUT2D eigenvalue weighted by Crippen LogP contribution is 2.31. The predicted molar refractivity (Wildman–Crippen MR) is 73.5 cm³/mol. The molecule has 3 heteroatoms. The fraction of sp³-hybridized carbons (Fsp3) is 0.